The molecule has 0 bridgehead atoms. The molecule has 4 heteroatoms. The smallest absolute Gasteiger partial charge is 0.221 e. The van der Waals surface area contributed by atoms with E-state index in [9.17, 15) is 9.90 Å². The highest BCUT2D eigenvalue weighted by molar-refractivity contribution is 5.76. The van der Waals surface area contributed by atoms with Crippen molar-refractivity contribution in [2.45, 2.75) is 57.5 Å². The van der Waals surface area contributed by atoms with Crippen LogP contribution in [0.2, 0.25) is 0 Å². The molecule has 0 spiro atoms. The highest BCUT2D eigenvalue weighted by Crippen LogP contribution is 2.25. The molecule has 0 heterocycles. The first-order valence-corrected chi connectivity index (χ1v) is 8.01. The van der Waals surface area contributed by atoms with Gasteiger partial charge in [0.2, 0.25) is 5.91 Å². The van der Waals surface area contributed by atoms with Crippen LogP contribution in [0.1, 0.15) is 57.1 Å². The van der Waals surface area contributed by atoms with Crippen LogP contribution in [0.5, 0.6) is 5.75 Å². The van der Waals surface area contributed by atoms with E-state index in [0.29, 0.717) is 24.8 Å². The topological polar surface area (TPSA) is 61.4 Å². The lowest BCUT2D eigenvalue weighted by Gasteiger charge is -2.19. The molecule has 0 aromatic heterocycles. The molecule has 0 saturated heterocycles. The molecule has 1 saturated carbocycles. The molecule has 2 rings (SSSR count). The Hall–Kier alpha value is -1.55. The predicted molar refractivity (Wildman–Crippen MR) is 84.2 cm³/mol. The van der Waals surface area contributed by atoms with Gasteiger partial charge in [-0.3, -0.25) is 4.79 Å². The van der Waals surface area contributed by atoms with Crippen molar-refractivity contribution >= 4 is 5.91 Å². The highest BCUT2D eigenvalue weighted by Gasteiger charge is 2.17. The van der Waals surface area contributed by atoms with Gasteiger partial charge in [0, 0.05) is 30.6 Å². The molecule has 1 unspecified atom stereocenters. The normalized spacial score (nSPS) is 16.8. The molecule has 0 aliphatic heterocycles. The van der Waals surface area contributed by atoms with Crippen LogP contribution in [0.4, 0.5) is 0 Å². The summed E-state index contributed by atoms with van der Waals surface area (Å²) in [5.41, 5.74) is 0.899. The zero-order valence-corrected chi connectivity index (χ0v) is 12.8. The summed E-state index contributed by atoms with van der Waals surface area (Å²) in [5, 5.41) is 16.3. The minimum atomic E-state index is 0.0884. The Labute approximate surface area is 126 Å². The molecule has 116 valence electrons. The van der Waals surface area contributed by atoms with E-state index in [2.05, 4.69) is 17.6 Å². The number of phenols is 1. The molecule has 0 radical (unpaired) electrons. The number of amides is 1. The quantitative estimate of drug-likeness (QED) is 0.723. The Morgan fingerprint density at radius 2 is 2.05 bits per heavy atom. The van der Waals surface area contributed by atoms with E-state index in [1.54, 1.807) is 6.07 Å². The third-order valence-electron chi connectivity index (χ3n) is 4.18. The van der Waals surface area contributed by atoms with E-state index in [1.807, 2.05) is 18.2 Å². The summed E-state index contributed by atoms with van der Waals surface area (Å²) in [4.78, 5) is 11.9. The zero-order valence-electron chi connectivity index (χ0n) is 12.8. The number of aromatic hydroxyl groups is 1. The van der Waals surface area contributed by atoms with Crippen molar-refractivity contribution in [3.05, 3.63) is 29.8 Å². The molecule has 3 N–H and O–H groups in total. The van der Waals surface area contributed by atoms with Gasteiger partial charge in [-0.1, -0.05) is 38.0 Å². The van der Waals surface area contributed by atoms with Gasteiger partial charge in [-0.05, 0) is 25.3 Å². The first-order valence-electron chi connectivity index (χ1n) is 8.01. The number of phenolic OH excluding ortho intramolecular Hbond substituents is 1. The maximum Gasteiger partial charge on any atom is 0.221 e. The Morgan fingerprint density at radius 1 is 1.33 bits per heavy atom. The van der Waals surface area contributed by atoms with Gasteiger partial charge < -0.3 is 15.7 Å². The summed E-state index contributed by atoms with van der Waals surface area (Å²) in [6.07, 6.45) is 6.06. The third kappa shape index (κ3) is 4.74. The molecule has 4 nitrogen and oxygen atoms in total. The first kappa shape index (κ1) is 15.8. The van der Waals surface area contributed by atoms with Gasteiger partial charge in [0.15, 0.2) is 0 Å². The van der Waals surface area contributed by atoms with Gasteiger partial charge in [-0.25, -0.2) is 0 Å². The summed E-state index contributed by atoms with van der Waals surface area (Å²) >= 11 is 0. The summed E-state index contributed by atoms with van der Waals surface area (Å²) in [6.45, 7) is 2.70. The lowest BCUT2D eigenvalue weighted by atomic mass is 10.0. The fourth-order valence-electron chi connectivity index (χ4n) is 2.99. The van der Waals surface area contributed by atoms with Crippen molar-refractivity contribution in [1.29, 1.82) is 0 Å². The van der Waals surface area contributed by atoms with Crippen LogP contribution in [0, 0.1) is 0 Å². The van der Waals surface area contributed by atoms with E-state index in [-0.39, 0.29) is 11.9 Å². The minimum Gasteiger partial charge on any atom is -0.508 e. The van der Waals surface area contributed by atoms with E-state index in [0.717, 1.165) is 24.8 Å². The van der Waals surface area contributed by atoms with Crippen LogP contribution in [-0.4, -0.2) is 23.6 Å². The van der Waals surface area contributed by atoms with E-state index >= 15 is 0 Å². The minimum absolute atomic E-state index is 0.0884. The molecule has 1 aliphatic carbocycles. The Kier molecular flexibility index (Phi) is 6.05. The number of hydrogen-bond donors (Lipinski definition) is 3. The summed E-state index contributed by atoms with van der Waals surface area (Å²) in [6, 6.07) is 7.84. The maximum atomic E-state index is 11.9. The standard InChI is InChI=1S/C17H26N2O2/c1-2-15(14-9-5-6-10-16(14)20)18-12-11-17(21)19-13-7-3-4-8-13/h5-6,9-10,13,15,18,20H,2-4,7-8,11-12H2,1H3,(H,19,21). The van der Waals surface area contributed by atoms with Gasteiger partial charge >= 0.3 is 0 Å². The molecule has 1 amide bonds. The number of benzene rings is 1. The van der Waals surface area contributed by atoms with Gasteiger partial charge in [-0.2, -0.15) is 0 Å². The van der Waals surface area contributed by atoms with Crippen LogP contribution in [0.3, 0.4) is 0 Å². The predicted octanol–water partition coefficient (Wildman–Crippen LogP) is 2.88. The average molecular weight is 290 g/mol. The van der Waals surface area contributed by atoms with Gasteiger partial charge in [0.1, 0.15) is 5.75 Å². The van der Waals surface area contributed by atoms with Crippen LogP contribution in [0.25, 0.3) is 0 Å². The number of carbonyl (C=O) groups excluding carboxylic acids is 1. The first-order chi connectivity index (χ1) is 10.2. The number of hydrogen-bond acceptors (Lipinski definition) is 3. The Bertz CT molecular complexity index is 456. The Morgan fingerprint density at radius 3 is 2.71 bits per heavy atom. The largest absolute Gasteiger partial charge is 0.508 e. The van der Waals surface area contributed by atoms with E-state index in [4.69, 9.17) is 0 Å². The molecule has 1 fully saturated rings. The third-order valence-corrected chi connectivity index (χ3v) is 4.18. The Balaban J connectivity index is 1.75. The van der Waals surface area contributed by atoms with Crippen LogP contribution >= 0.6 is 0 Å². The summed E-state index contributed by atoms with van der Waals surface area (Å²) in [5.74, 6) is 0.439. The second-order valence-electron chi connectivity index (χ2n) is 5.77. The number of para-hydroxylation sites is 1. The number of rotatable bonds is 7. The molecule has 1 aromatic carbocycles. The van der Waals surface area contributed by atoms with E-state index < -0.39 is 0 Å². The second kappa shape index (κ2) is 8.03. The maximum absolute atomic E-state index is 11.9. The molecular formula is C17H26N2O2. The highest BCUT2D eigenvalue weighted by atomic mass is 16.3. The molecular weight excluding hydrogens is 264 g/mol. The lowest BCUT2D eigenvalue weighted by Crippen LogP contribution is -2.35. The van der Waals surface area contributed by atoms with Crippen molar-refractivity contribution in [3.63, 3.8) is 0 Å². The summed E-state index contributed by atoms with van der Waals surface area (Å²) in [7, 11) is 0. The van der Waals surface area contributed by atoms with Crippen molar-refractivity contribution < 1.29 is 9.90 Å². The molecule has 21 heavy (non-hydrogen) atoms. The van der Waals surface area contributed by atoms with Gasteiger partial charge in [0.25, 0.3) is 0 Å². The average Bonchev–Trinajstić information content (AvgIpc) is 2.97. The van der Waals surface area contributed by atoms with Crippen LogP contribution in [0.15, 0.2) is 24.3 Å². The lowest BCUT2D eigenvalue weighted by molar-refractivity contribution is -0.121. The monoisotopic (exact) mass is 290 g/mol. The van der Waals surface area contributed by atoms with E-state index in [1.165, 1.54) is 12.8 Å². The fourth-order valence-corrected chi connectivity index (χ4v) is 2.99. The van der Waals surface area contributed by atoms with Crippen molar-refractivity contribution in [3.8, 4) is 5.75 Å². The summed E-state index contributed by atoms with van der Waals surface area (Å²) < 4.78 is 0. The number of nitrogens with one attached hydrogen (secondary N) is 2. The zero-order chi connectivity index (χ0) is 15.1. The molecule has 1 atom stereocenters. The van der Waals surface area contributed by atoms with Gasteiger partial charge in [-0.15, -0.1) is 0 Å². The van der Waals surface area contributed by atoms with Crippen molar-refractivity contribution in [2.24, 2.45) is 0 Å². The molecule has 1 aromatic rings. The van der Waals surface area contributed by atoms with Crippen LogP contribution in [-0.2, 0) is 4.79 Å². The van der Waals surface area contributed by atoms with Crippen molar-refractivity contribution in [1.82, 2.24) is 10.6 Å². The SMILES string of the molecule is CCC(NCCC(=O)NC1CCCC1)c1ccccc1O. The number of carbonyl (C=O) groups is 1. The fraction of sp³-hybridized carbons (Fsp3) is 0.588. The van der Waals surface area contributed by atoms with Crippen molar-refractivity contribution in [2.75, 3.05) is 6.54 Å². The second-order valence-corrected chi connectivity index (χ2v) is 5.77. The van der Waals surface area contributed by atoms with Crippen LogP contribution < -0.4 is 10.6 Å². The van der Waals surface area contributed by atoms with Gasteiger partial charge in [0.05, 0.1) is 0 Å². The molecule has 1 aliphatic rings.